The molecule has 2 fully saturated rings. The monoisotopic (exact) mass is 256 g/mol. The predicted octanol–water partition coefficient (Wildman–Crippen LogP) is 0.947. The van der Waals surface area contributed by atoms with Gasteiger partial charge in [0.1, 0.15) is 0 Å². The summed E-state index contributed by atoms with van der Waals surface area (Å²) in [6.07, 6.45) is 5.64. The number of hydroxylamine groups is 1. The Hall–Kier alpha value is -0.650. The molecular formula is C13H24N2O3. The van der Waals surface area contributed by atoms with E-state index < -0.39 is 0 Å². The summed E-state index contributed by atoms with van der Waals surface area (Å²) in [5.41, 5.74) is 2.60. The van der Waals surface area contributed by atoms with Crippen LogP contribution in [0.2, 0.25) is 0 Å². The molecule has 1 heterocycles. The lowest BCUT2D eigenvalue weighted by molar-refractivity contribution is -0.139. The number of nitrogens with zero attached hydrogens (tertiary/aromatic N) is 1. The summed E-state index contributed by atoms with van der Waals surface area (Å²) in [6, 6.07) is 0. The minimum absolute atomic E-state index is 0.0664. The Morgan fingerprint density at radius 3 is 2.67 bits per heavy atom. The van der Waals surface area contributed by atoms with Crippen LogP contribution >= 0.6 is 0 Å². The van der Waals surface area contributed by atoms with E-state index in [0.717, 1.165) is 45.7 Å². The summed E-state index contributed by atoms with van der Waals surface area (Å²) >= 11 is 0. The first-order valence-electron chi connectivity index (χ1n) is 7.08. The summed E-state index contributed by atoms with van der Waals surface area (Å²) in [6.45, 7) is 4.93. The lowest BCUT2D eigenvalue weighted by Crippen LogP contribution is -2.40. The molecule has 0 aromatic carbocycles. The van der Waals surface area contributed by atoms with E-state index in [9.17, 15) is 4.79 Å². The van der Waals surface area contributed by atoms with Crippen molar-refractivity contribution in [3.63, 3.8) is 0 Å². The van der Waals surface area contributed by atoms with Crippen molar-refractivity contribution in [2.75, 3.05) is 39.5 Å². The van der Waals surface area contributed by atoms with Crippen LogP contribution in [-0.4, -0.2) is 50.3 Å². The van der Waals surface area contributed by atoms with Gasteiger partial charge >= 0.3 is 0 Å². The molecule has 1 N–H and O–H groups in total. The van der Waals surface area contributed by atoms with Gasteiger partial charge < -0.3 is 4.74 Å². The van der Waals surface area contributed by atoms with Crippen molar-refractivity contribution < 1.29 is 14.4 Å². The number of carbonyl (C=O) groups is 1. The normalized spacial score (nSPS) is 22.9. The van der Waals surface area contributed by atoms with Gasteiger partial charge in [-0.3, -0.25) is 14.5 Å². The molecule has 0 aromatic heterocycles. The Bertz CT molecular complexity index is 249. The SMILES string of the molecule is O=C(NOCCN1CCOCC1)C1CCCCC1. The van der Waals surface area contributed by atoms with Crippen LogP contribution in [0, 0.1) is 5.92 Å². The fourth-order valence-electron chi connectivity index (χ4n) is 2.57. The minimum atomic E-state index is 0.0664. The molecule has 1 aliphatic carbocycles. The Balaban J connectivity index is 1.52. The second kappa shape index (κ2) is 7.71. The van der Waals surface area contributed by atoms with Gasteiger partial charge in [0.25, 0.3) is 0 Å². The molecule has 5 heteroatoms. The van der Waals surface area contributed by atoms with E-state index in [1.807, 2.05) is 0 Å². The highest BCUT2D eigenvalue weighted by atomic mass is 16.7. The van der Waals surface area contributed by atoms with Gasteiger partial charge in [-0.15, -0.1) is 0 Å². The molecule has 104 valence electrons. The third-order valence-electron chi connectivity index (χ3n) is 3.76. The lowest BCUT2D eigenvalue weighted by atomic mass is 9.89. The third-order valence-corrected chi connectivity index (χ3v) is 3.76. The summed E-state index contributed by atoms with van der Waals surface area (Å²) < 4.78 is 5.27. The number of carbonyl (C=O) groups excluding carboxylic acids is 1. The number of morpholine rings is 1. The minimum Gasteiger partial charge on any atom is -0.379 e. The maximum atomic E-state index is 11.8. The number of ether oxygens (including phenoxy) is 1. The highest BCUT2D eigenvalue weighted by molar-refractivity contribution is 5.77. The van der Waals surface area contributed by atoms with Crippen molar-refractivity contribution in [1.82, 2.24) is 10.4 Å². The number of rotatable bonds is 5. The zero-order chi connectivity index (χ0) is 12.6. The van der Waals surface area contributed by atoms with Crippen LogP contribution in [0.4, 0.5) is 0 Å². The standard InChI is InChI=1S/C13H24N2O3/c16-13(12-4-2-1-3-5-12)14-18-11-8-15-6-9-17-10-7-15/h12H,1-11H2,(H,14,16). The van der Waals surface area contributed by atoms with E-state index in [1.165, 1.54) is 19.3 Å². The molecule has 18 heavy (non-hydrogen) atoms. The second-order valence-electron chi connectivity index (χ2n) is 5.10. The van der Waals surface area contributed by atoms with E-state index in [1.54, 1.807) is 0 Å². The Kier molecular flexibility index (Phi) is 5.90. The van der Waals surface area contributed by atoms with Gasteiger partial charge in [0, 0.05) is 25.6 Å². The fourth-order valence-corrected chi connectivity index (χ4v) is 2.57. The number of hydrogen-bond acceptors (Lipinski definition) is 4. The van der Waals surface area contributed by atoms with Gasteiger partial charge in [0.15, 0.2) is 0 Å². The van der Waals surface area contributed by atoms with E-state index in [2.05, 4.69) is 10.4 Å². The van der Waals surface area contributed by atoms with Crippen molar-refractivity contribution >= 4 is 5.91 Å². The lowest BCUT2D eigenvalue weighted by Gasteiger charge is -2.26. The van der Waals surface area contributed by atoms with Gasteiger partial charge in [0.05, 0.1) is 19.8 Å². The molecule has 2 aliphatic rings. The smallest absolute Gasteiger partial charge is 0.246 e. The number of nitrogens with one attached hydrogen (secondary N) is 1. The highest BCUT2D eigenvalue weighted by Gasteiger charge is 2.21. The van der Waals surface area contributed by atoms with Crippen LogP contribution in [0.25, 0.3) is 0 Å². The summed E-state index contributed by atoms with van der Waals surface area (Å²) in [5, 5.41) is 0. The number of hydrogen-bond donors (Lipinski definition) is 1. The van der Waals surface area contributed by atoms with Crippen LogP contribution in [0.15, 0.2) is 0 Å². The zero-order valence-corrected chi connectivity index (χ0v) is 11.0. The molecule has 0 bridgehead atoms. The van der Waals surface area contributed by atoms with Crippen molar-refractivity contribution in [2.24, 2.45) is 5.92 Å². The van der Waals surface area contributed by atoms with E-state index in [4.69, 9.17) is 9.57 Å². The topological polar surface area (TPSA) is 50.8 Å². The maximum absolute atomic E-state index is 11.8. The largest absolute Gasteiger partial charge is 0.379 e. The maximum Gasteiger partial charge on any atom is 0.246 e. The van der Waals surface area contributed by atoms with Crippen LogP contribution in [0.1, 0.15) is 32.1 Å². The van der Waals surface area contributed by atoms with Crippen LogP contribution < -0.4 is 5.48 Å². The molecule has 2 rings (SSSR count). The van der Waals surface area contributed by atoms with Crippen molar-refractivity contribution in [1.29, 1.82) is 0 Å². The predicted molar refractivity (Wildman–Crippen MR) is 67.9 cm³/mol. The van der Waals surface area contributed by atoms with Crippen LogP contribution in [0.5, 0.6) is 0 Å². The molecule has 1 amide bonds. The van der Waals surface area contributed by atoms with Crippen molar-refractivity contribution in [3.8, 4) is 0 Å². The number of amides is 1. The zero-order valence-electron chi connectivity index (χ0n) is 11.0. The third kappa shape index (κ3) is 4.55. The first kappa shape index (κ1) is 13.8. The summed E-state index contributed by atoms with van der Waals surface area (Å²) in [4.78, 5) is 19.3. The molecule has 0 radical (unpaired) electrons. The first-order chi connectivity index (χ1) is 8.86. The molecule has 0 unspecified atom stereocenters. The average molecular weight is 256 g/mol. The second-order valence-corrected chi connectivity index (χ2v) is 5.10. The van der Waals surface area contributed by atoms with Crippen molar-refractivity contribution in [2.45, 2.75) is 32.1 Å². The summed E-state index contributed by atoms with van der Waals surface area (Å²) in [7, 11) is 0. The Morgan fingerprint density at radius 1 is 1.22 bits per heavy atom. The highest BCUT2D eigenvalue weighted by Crippen LogP contribution is 2.23. The fraction of sp³-hybridized carbons (Fsp3) is 0.923. The van der Waals surface area contributed by atoms with Crippen LogP contribution in [0.3, 0.4) is 0 Å². The molecule has 0 spiro atoms. The Morgan fingerprint density at radius 2 is 1.94 bits per heavy atom. The van der Waals surface area contributed by atoms with Gasteiger partial charge in [0.2, 0.25) is 5.91 Å². The molecule has 5 nitrogen and oxygen atoms in total. The quantitative estimate of drug-likeness (QED) is 0.588. The molecule has 1 saturated carbocycles. The van der Waals surface area contributed by atoms with Crippen LogP contribution in [-0.2, 0) is 14.4 Å². The first-order valence-corrected chi connectivity index (χ1v) is 7.08. The molecular weight excluding hydrogens is 232 g/mol. The molecule has 0 aromatic rings. The summed E-state index contributed by atoms with van der Waals surface area (Å²) in [5.74, 6) is 0.235. The van der Waals surface area contributed by atoms with Gasteiger partial charge in [-0.05, 0) is 12.8 Å². The van der Waals surface area contributed by atoms with Gasteiger partial charge in [-0.1, -0.05) is 19.3 Å². The van der Waals surface area contributed by atoms with E-state index >= 15 is 0 Å². The van der Waals surface area contributed by atoms with Gasteiger partial charge in [-0.25, -0.2) is 5.48 Å². The van der Waals surface area contributed by atoms with Crippen molar-refractivity contribution in [3.05, 3.63) is 0 Å². The molecule has 1 saturated heterocycles. The Labute approximate surface area is 109 Å². The molecule has 1 aliphatic heterocycles. The van der Waals surface area contributed by atoms with E-state index in [-0.39, 0.29) is 11.8 Å². The molecule has 0 atom stereocenters. The average Bonchev–Trinajstić information content (AvgIpc) is 2.45. The van der Waals surface area contributed by atoms with Gasteiger partial charge in [-0.2, -0.15) is 0 Å². The van der Waals surface area contributed by atoms with E-state index in [0.29, 0.717) is 6.61 Å².